The van der Waals surface area contributed by atoms with Crippen LogP contribution in [0.1, 0.15) is 13.8 Å². The van der Waals surface area contributed by atoms with Gasteiger partial charge in [0.25, 0.3) is 0 Å². The van der Waals surface area contributed by atoms with Gasteiger partial charge in [0, 0.05) is 42.7 Å². The van der Waals surface area contributed by atoms with E-state index in [0.717, 1.165) is 32.2 Å². The Morgan fingerprint density at radius 1 is 0.595 bits per heavy atom. The summed E-state index contributed by atoms with van der Waals surface area (Å²) in [6.07, 6.45) is -0.783. The zero-order valence-electron chi connectivity index (χ0n) is 21.8. The lowest BCUT2D eigenvalue weighted by molar-refractivity contribution is -0.149. The van der Waals surface area contributed by atoms with Gasteiger partial charge in [-0.05, 0) is 36.8 Å². The molecule has 0 aromatic heterocycles. The summed E-state index contributed by atoms with van der Waals surface area (Å²) in [7, 11) is 3.56. The number of fused-ring (bicyclic) bond motifs is 2. The second kappa shape index (κ2) is 13.2. The molecular formula is C29H33O7P. The van der Waals surface area contributed by atoms with Gasteiger partial charge in [0.2, 0.25) is 0 Å². The van der Waals surface area contributed by atoms with E-state index in [4.69, 9.17) is 32.9 Å². The van der Waals surface area contributed by atoms with Crippen molar-refractivity contribution in [2.75, 3.05) is 34.9 Å². The van der Waals surface area contributed by atoms with Crippen molar-refractivity contribution in [3.05, 3.63) is 72.8 Å². The van der Waals surface area contributed by atoms with E-state index < -0.39 is 20.7 Å². The molecule has 196 valence electrons. The maximum atomic E-state index is 6.23. The average Bonchev–Trinajstić information content (AvgIpc) is 2.94. The quantitative estimate of drug-likeness (QED) is 0.165. The molecule has 0 fully saturated rings. The maximum Gasteiger partial charge on any atom is 0.192 e. The highest BCUT2D eigenvalue weighted by Gasteiger charge is 2.25. The summed E-state index contributed by atoms with van der Waals surface area (Å²) in [4.78, 5) is 0. The minimum absolute atomic E-state index is 0.0344. The first-order chi connectivity index (χ1) is 18.1. The predicted molar refractivity (Wildman–Crippen MR) is 147 cm³/mol. The summed E-state index contributed by atoms with van der Waals surface area (Å²) >= 11 is 0. The fourth-order valence-corrected chi connectivity index (χ4v) is 5.74. The molecule has 4 rings (SSSR count). The second-order valence-electron chi connectivity index (χ2n) is 8.21. The molecule has 37 heavy (non-hydrogen) atoms. The molecule has 0 saturated heterocycles. The van der Waals surface area contributed by atoms with Gasteiger partial charge in [-0.15, -0.1) is 0 Å². The highest BCUT2D eigenvalue weighted by Crippen LogP contribution is 2.44. The van der Waals surface area contributed by atoms with Crippen molar-refractivity contribution in [2.24, 2.45) is 0 Å². The van der Waals surface area contributed by atoms with Gasteiger partial charge in [-0.2, -0.15) is 0 Å². The third-order valence-electron chi connectivity index (χ3n) is 6.01. The van der Waals surface area contributed by atoms with Crippen LogP contribution in [0.25, 0.3) is 21.5 Å². The normalized spacial score (nSPS) is 14.0. The van der Waals surface area contributed by atoms with Crippen LogP contribution in [-0.2, 0) is 23.5 Å². The Hall–Kier alpha value is -2.77. The van der Waals surface area contributed by atoms with E-state index in [1.807, 2.05) is 50.2 Å². The average molecular weight is 525 g/mol. The zero-order valence-corrected chi connectivity index (χ0v) is 22.7. The molecule has 2 unspecified atom stereocenters. The van der Waals surface area contributed by atoms with Crippen molar-refractivity contribution in [1.82, 2.24) is 0 Å². The fraction of sp³-hybridized carbons (Fsp3) is 0.310. The van der Waals surface area contributed by atoms with Gasteiger partial charge >= 0.3 is 0 Å². The minimum atomic E-state index is -1.33. The van der Waals surface area contributed by atoms with Crippen LogP contribution in [0.15, 0.2) is 72.8 Å². The van der Waals surface area contributed by atoms with E-state index in [1.165, 1.54) is 0 Å². The van der Waals surface area contributed by atoms with Crippen molar-refractivity contribution < 1.29 is 32.9 Å². The lowest BCUT2D eigenvalue weighted by Crippen LogP contribution is -2.22. The molecule has 0 bridgehead atoms. The highest BCUT2D eigenvalue weighted by molar-refractivity contribution is 7.69. The molecule has 2 atom stereocenters. The summed E-state index contributed by atoms with van der Waals surface area (Å²) in [6, 6.07) is 24.4. The molecule has 4 aromatic rings. The van der Waals surface area contributed by atoms with Crippen molar-refractivity contribution in [1.29, 1.82) is 0 Å². The molecule has 0 spiro atoms. The highest BCUT2D eigenvalue weighted by atomic mass is 31.1. The third kappa shape index (κ3) is 6.39. The Morgan fingerprint density at radius 3 is 1.43 bits per heavy atom. The molecule has 7 nitrogen and oxygen atoms in total. The first-order valence-corrected chi connectivity index (χ1v) is 13.3. The van der Waals surface area contributed by atoms with E-state index in [9.17, 15) is 0 Å². The van der Waals surface area contributed by atoms with E-state index in [-0.39, 0.29) is 13.6 Å². The van der Waals surface area contributed by atoms with Crippen LogP contribution >= 0.6 is 8.15 Å². The number of rotatable bonds is 13. The molecule has 8 heteroatoms. The van der Waals surface area contributed by atoms with Crippen LogP contribution in [0.2, 0.25) is 0 Å². The molecule has 0 aliphatic carbocycles. The molecule has 0 heterocycles. The van der Waals surface area contributed by atoms with Gasteiger partial charge in [-0.25, -0.2) is 0 Å². The van der Waals surface area contributed by atoms with E-state index >= 15 is 0 Å². The lowest BCUT2D eigenvalue weighted by Gasteiger charge is -2.24. The van der Waals surface area contributed by atoms with Crippen LogP contribution in [0.3, 0.4) is 0 Å². The van der Waals surface area contributed by atoms with Crippen LogP contribution < -0.4 is 20.1 Å². The number of hydrogen-bond acceptors (Lipinski definition) is 7. The van der Waals surface area contributed by atoms with E-state index in [1.54, 1.807) is 21.3 Å². The Labute approximate surface area is 219 Å². The Bertz CT molecular complexity index is 1210. The number of hydrogen-bond donors (Lipinski definition) is 0. The van der Waals surface area contributed by atoms with Gasteiger partial charge < -0.3 is 32.9 Å². The molecular weight excluding hydrogens is 491 g/mol. The number of benzene rings is 4. The first kappa shape index (κ1) is 27.3. The topological polar surface area (TPSA) is 64.6 Å². The molecule has 0 radical (unpaired) electrons. The number of ether oxygens (including phenoxy) is 6. The van der Waals surface area contributed by atoms with Crippen molar-refractivity contribution in [3.8, 4) is 11.5 Å². The Balaban J connectivity index is 1.79. The first-order valence-electron chi connectivity index (χ1n) is 12.0. The molecule has 0 amide bonds. The number of methoxy groups -OCH3 is 2. The summed E-state index contributed by atoms with van der Waals surface area (Å²) < 4.78 is 40.4. The predicted octanol–water partition coefficient (Wildman–Crippen LogP) is 5.68. The van der Waals surface area contributed by atoms with Crippen molar-refractivity contribution in [3.63, 3.8) is 0 Å². The Kier molecular flexibility index (Phi) is 9.69. The summed E-state index contributed by atoms with van der Waals surface area (Å²) in [5, 5.41) is 5.89. The van der Waals surface area contributed by atoms with E-state index in [0.29, 0.717) is 11.5 Å². The van der Waals surface area contributed by atoms with Gasteiger partial charge in [0.15, 0.2) is 26.2 Å². The standard InChI is InChI=1S/C29H33O7P/c1-20(30-3)33-18-35-28-24-12-8-6-10-22(24)14-16-26(28)37(32-5)27-17-15-23-11-7-9-13-25(23)29(27)36-19-34-21(2)31-4/h6-17,20-21H,18-19H2,1-5H3. The SMILES string of the molecule is COC(C)OCOc1c(P(OC)c2ccc3ccccc3c2OCOC(C)OC)ccc2ccccc12. The smallest absolute Gasteiger partial charge is 0.192 e. The minimum Gasteiger partial charge on any atom is -0.466 e. The monoisotopic (exact) mass is 524 g/mol. The molecule has 0 aliphatic heterocycles. The lowest BCUT2D eigenvalue weighted by atomic mass is 10.1. The van der Waals surface area contributed by atoms with Gasteiger partial charge in [0.05, 0.1) is 8.15 Å². The van der Waals surface area contributed by atoms with Gasteiger partial charge in [0.1, 0.15) is 11.5 Å². The van der Waals surface area contributed by atoms with Crippen molar-refractivity contribution in [2.45, 2.75) is 26.4 Å². The van der Waals surface area contributed by atoms with Crippen LogP contribution in [0, 0.1) is 0 Å². The largest absolute Gasteiger partial charge is 0.466 e. The van der Waals surface area contributed by atoms with Crippen molar-refractivity contribution >= 4 is 40.3 Å². The van der Waals surface area contributed by atoms with Gasteiger partial charge in [-0.3, -0.25) is 0 Å². The molecule has 4 aromatic carbocycles. The van der Waals surface area contributed by atoms with Crippen LogP contribution in [0.4, 0.5) is 0 Å². The van der Waals surface area contributed by atoms with Crippen LogP contribution in [0.5, 0.6) is 11.5 Å². The zero-order chi connectivity index (χ0) is 26.2. The molecule has 0 N–H and O–H groups in total. The maximum absolute atomic E-state index is 6.23. The third-order valence-corrected chi connectivity index (χ3v) is 7.96. The van der Waals surface area contributed by atoms with E-state index in [2.05, 4.69) is 36.4 Å². The second-order valence-corrected chi connectivity index (χ2v) is 10.1. The Morgan fingerprint density at radius 2 is 1.03 bits per heavy atom. The summed E-state index contributed by atoms with van der Waals surface area (Å²) in [5.41, 5.74) is 0. The fourth-order valence-electron chi connectivity index (χ4n) is 3.93. The summed E-state index contributed by atoms with van der Waals surface area (Å²) in [5.74, 6) is 1.41. The summed E-state index contributed by atoms with van der Waals surface area (Å²) in [6.45, 7) is 3.71. The van der Waals surface area contributed by atoms with Crippen LogP contribution in [-0.4, -0.2) is 47.5 Å². The van der Waals surface area contributed by atoms with Gasteiger partial charge in [-0.1, -0.05) is 60.7 Å². The molecule has 0 aliphatic rings. The molecule has 0 saturated carbocycles.